The van der Waals surface area contributed by atoms with Gasteiger partial charge in [0.1, 0.15) is 11.5 Å². The predicted molar refractivity (Wildman–Crippen MR) is 73.1 cm³/mol. The third-order valence-corrected chi connectivity index (χ3v) is 3.36. The van der Waals surface area contributed by atoms with Gasteiger partial charge in [-0.2, -0.15) is 0 Å². The van der Waals surface area contributed by atoms with Gasteiger partial charge in [-0.25, -0.2) is 17.6 Å². The molecule has 1 aromatic heterocycles. The Bertz CT molecular complexity index is 877. The monoisotopic (exact) mass is 323 g/mol. The highest BCUT2D eigenvalue weighted by atomic mass is 19.2. The summed E-state index contributed by atoms with van der Waals surface area (Å²) in [6.07, 6.45) is 0. The maximum absolute atomic E-state index is 13.9. The number of aromatic nitrogens is 1. The fourth-order valence-corrected chi connectivity index (χ4v) is 2.23. The molecular weight excluding hydrogens is 314 g/mol. The van der Waals surface area contributed by atoms with Gasteiger partial charge in [0, 0.05) is 5.56 Å². The average molecular weight is 323 g/mol. The van der Waals surface area contributed by atoms with E-state index in [1.807, 2.05) is 0 Å². The van der Waals surface area contributed by atoms with Crippen LogP contribution in [0.1, 0.15) is 5.56 Å². The maximum Gasteiger partial charge on any atom is 0.195 e. The second kappa shape index (κ2) is 5.85. The van der Waals surface area contributed by atoms with Crippen LogP contribution in [0.4, 0.5) is 17.6 Å². The van der Waals surface area contributed by atoms with Gasteiger partial charge in [0.05, 0.1) is 17.7 Å². The van der Waals surface area contributed by atoms with Gasteiger partial charge in [-0.1, -0.05) is 17.3 Å². The van der Waals surface area contributed by atoms with Gasteiger partial charge >= 0.3 is 0 Å². The fraction of sp³-hybridized carbons (Fsp3) is 0.0625. The summed E-state index contributed by atoms with van der Waals surface area (Å²) in [5.74, 6) is -5.41. The van der Waals surface area contributed by atoms with Crippen LogP contribution in [0.5, 0.6) is 0 Å². The molecule has 3 aromatic rings. The van der Waals surface area contributed by atoms with E-state index in [1.165, 1.54) is 18.2 Å². The Morgan fingerprint density at radius 1 is 0.870 bits per heavy atom. The Balaban J connectivity index is 2.21. The van der Waals surface area contributed by atoms with E-state index >= 15 is 0 Å². The van der Waals surface area contributed by atoms with E-state index in [0.29, 0.717) is 0 Å². The van der Waals surface area contributed by atoms with Crippen LogP contribution in [0.15, 0.2) is 40.9 Å². The Labute approximate surface area is 127 Å². The number of nitrogens with zero attached hydrogens (tertiary/aromatic N) is 1. The molecule has 0 unspecified atom stereocenters. The molecule has 0 bridgehead atoms. The molecule has 0 saturated heterocycles. The first-order chi connectivity index (χ1) is 11.0. The summed E-state index contributed by atoms with van der Waals surface area (Å²) in [6, 6.07) is 7.28. The molecule has 0 aliphatic carbocycles. The molecule has 3 rings (SSSR count). The maximum atomic E-state index is 13.9. The van der Waals surface area contributed by atoms with Crippen LogP contribution in [0.2, 0.25) is 0 Å². The van der Waals surface area contributed by atoms with Crippen molar-refractivity contribution in [2.45, 2.75) is 6.61 Å². The minimum Gasteiger partial charge on any atom is -0.391 e. The number of hydrogen-bond donors (Lipinski definition) is 1. The predicted octanol–water partition coefficient (Wildman–Crippen LogP) is 4.06. The molecule has 118 valence electrons. The van der Waals surface area contributed by atoms with Crippen LogP contribution in [0.25, 0.3) is 22.6 Å². The molecule has 0 radical (unpaired) electrons. The highest BCUT2D eigenvalue weighted by Gasteiger charge is 2.24. The van der Waals surface area contributed by atoms with Crippen molar-refractivity contribution in [3.63, 3.8) is 0 Å². The third kappa shape index (κ3) is 2.49. The molecule has 0 aliphatic heterocycles. The number of aliphatic hydroxyl groups excluding tert-OH is 1. The first-order valence-corrected chi connectivity index (χ1v) is 6.52. The number of aliphatic hydroxyl groups is 1. The lowest BCUT2D eigenvalue weighted by molar-refractivity contribution is 0.281. The minimum absolute atomic E-state index is 0.0278. The van der Waals surface area contributed by atoms with Crippen LogP contribution in [0, 0.1) is 23.3 Å². The third-order valence-electron chi connectivity index (χ3n) is 3.36. The van der Waals surface area contributed by atoms with Gasteiger partial charge in [-0.05, 0) is 24.3 Å². The van der Waals surface area contributed by atoms with Gasteiger partial charge in [-0.3, -0.25) is 0 Å². The molecular formula is C16H9F4NO2. The lowest BCUT2D eigenvalue weighted by atomic mass is 10.0. The Hall–Kier alpha value is -2.67. The quantitative estimate of drug-likeness (QED) is 0.584. The topological polar surface area (TPSA) is 46.3 Å². The second-order valence-electron chi connectivity index (χ2n) is 4.70. The van der Waals surface area contributed by atoms with E-state index in [1.54, 1.807) is 6.07 Å². The van der Waals surface area contributed by atoms with Crippen LogP contribution >= 0.6 is 0 Å². The summed E-state index contributed by atoms with van der Waals surface area (Å²) in [4.78, 5) is 0. The lowest BCUT2D eigenvalue weighted by Gasteiger charge is -2.04. The van der Waals surface area contributed by atoms with E-state index in [9.17, 15) is 22.7 Å². The first kappa shape index (κ1) is 15.2. The normalized spacial score (nSPS) is 11.0. The smallest absolute Gasteiger partial charge is 0.195 e. The number of rotatable bonds is 3. The zero-order valence-electron chi connectivity index (χ0n) is 11.5. The van der Waals surface area contributed by atoms with E-state index in [2.05, 4.69) is 5.16 Å². The minimum atomic E-state index is -1.67. The van der Waals surface area contributed by atoms with E-state index in [-0.39, 0.29) is 22.6 Å². The van der Waals surface area contributed by atoms with Crippen molar-refractivity contribution in [1.29, 1.82) is 0 Å². The van der Waals surface area contributed by atoms with Crippen molar-refractivity contribution in [3.8, 4) is 22.6 Å². The molecule has 0 aliphatic rings. The summed E-state index contributed by atoms with van der Waals surface area (Å²) in [7, 11) is 0. The molecule has 3 nitrogen and oxygen atoms in total. The highest BCUT2D eigenvalue weighted by Crippen LogP contribution is 2.35. The Morgan fingerprint density at radius 3 is 2.30 bits per heavy atom. The van der Waals surface area contributed by atoms with E-state index < -0.39 is 35.4 Å². The van der Waals surface area contributed by atoms with E-state index in [4.69, 9.17) is 4.52 Å². The fourth-order valence-electron chi connectivity index (χ4n) is 2.23. The van der Waals surface area contributed by atoms with Crippen molar-refractivity contribution in [1.82, 2.24) is 5.16 Å². The van der Waals surface area contributed by atoms with E-state index in [0.717, 1.165) is 12.1 Å². The van der Waals surface area contributed by atoms with Crippen molar-refractivity contribution in [3.05, 3.63) is 65.2 Å². The summed E-state index contributed by atoms with van der Waals surface area (Å²) < 4.78 is 59.1. The second-order valence-corrected chi connectivity index (χ2v) is 4.70. The first-order valence-electron chi connectivity index (χ1n) is 6.52. The van der Waals surface area contributed by atoms with Gasteiger partial charge in [-0.15, -0.1) is 0 Å². The molecule has 0 atom stereocenters. The molecule has 0 saturated carbocycles. The summed E-state index contributed by atoms with van der Waals surface area (Å²) in [5, 5.41) is 13.1. The summed E-state index contributed by atoms with van der Waals surface area (Å²) in [5.41, 5.74) is -0.442. The summed E-state index contributed by atoms with van der Waals surface area (Å²) in [6.45, 7) is -0.652. The Kier molecular flexibility index (Phi) is 3.87. The largest absolute Gasteiger partial charge is 0.391 e. The molecule has 0 fully saturated rings. The van der Waals surface area contributed by atoms with Gasteiger partial charge in [0.25, 0.3) is 0 Å². The zero-order chi connectivity index (χ0) is 16.6. The van der Waals surface area contributed by atoms with Crippen molar-refractivity contribution < 1.29 is 27.2 Å². The number of halogens is 4. The zero-order valence-corrected chi connectivity index (χ0v) is 11.5. The van der Waals surface area contributed by atoms with Crippen molar-refractivity contribution in [2.75, 3.05) is 0 Å². The standard InChI is InChI=1S/C16H9F4NO2/c17-11-4-2-1-3-8(11)15-10(7-22)16(23-21-15)9-5-6-12(18)14(20)13(9)19/h1-6,22H,7H2. The van der Waals surface area contributed by atoms with Crippen LogP contribution in [-0.2, 0) is 6.61 Å². The van der Waals surface area contributed by atoms with Gasteiger partial charge < -0.3 is 9.63 Å². The molecule has 0 spiro atoms. The van der Waals surface area contributed by atoms with Crippen molar-refractivity contribution in [2.24, 2.45) is 0 Å². The molecule has 2 aromatic carbocycles. The Morgan fingerprint density at radius 2 is 1.61 bits per heavy atom. The van der Waals surface area contributed by atoms with Gasteiger partial charge in [0.15, 0.2) is 23.2 Å². The summed E-state index contributed by atoms with van der Waals surface area (Å²) >= 11 is 0. The molecule has 1 N–H and O–H groups in total. The molecule has 1 heterocycles. The molecule has 7 heteroatoms. The highest BCUT2D eigenvalue weighted by molar-refractivity contribution is 5.73. The number of hydrogen-bond acceptors (Lipinski definition) is 3. The lowest BCUT2D eigenvalue weighted by Crippen LogP contribution is -1.96. The van der Waals surface area contributed by atoms with Crippen LogP contribution in [0.3, 0.4) is 0 Å². The van der Waals surface area contributed by atoms with Gasteiger partial charge in [0.2, 0.25) is 0 Å². The van der Waals surface area contributed by atoms with Crippen LogP contribution < -0.4 is 0 Å². The molecule has 0 amide bonds. The SMILES string of the molecule is OCc1c(-c2ccccc2F)noc1-c1ccc(F)c(F)c1F. The molecule has 23 heavy (non-hydrogen) atoms. The van der Waals surface area contributed by atoms with Crippen LogP contribution in [-0.4, -0.2) is 10.3 Å². The number of benzene rings is 2. The average Bonchev–Trinajstić information content (AvgIpc) is 2.96. The van der Waals surface area contributed by atoms with Crippen molar-refractivity contribution >= 4 is 0 Å².